The molecule has 5 nitrogen and oxygen atoms in total. The van der Waals surface area contributed by atoms with Gasteiger partial charge in [0.1, 0.15) is 11.5 Å². The molecule has 140 valence electrons. The lowest BCUT2D eigenvalue weighted by molar-refractivity contribution is -0.122. The van der Waals surface area contributed by atoms with E-state index in [2.05, 4.69) is 10.6 Å². The highest BCUT2D eigenvalue weighted by molar-refractivity contribution is 5.85. The summed E-state index contributed by atoms with van der Waals surface area (Å²) in [5.74, 6) is 1.56. The number of ether oxygens (including phenoxy) is 2. The van der Waals surface area contributed by atoms with Crippen molar-refractivity contribution >= 4 is 18.3 Å². The van der Waals surface area contributed by atoms with Gasteiger partial charge in [0.15, 0.2) is 0 Å². The summed E-state index contributed by atoms with van der Waals surface area (Å²) < 4.78 is 11.4. The van der Waals surface area contributed by atoms with E-state index in [1.54, 1.807) is 0 Å². The van der Waals surface area contributed by atoms with Crippen LogP contribution in [0.3, 0.4) is 0 Å². The Hall–Kier alpha value is -2.08. The zero-order valence-electron chi connectivity index (χ0n) is 14.9. The van der Waals surface area contributed by atoms with Crippen LogP contribution >= 0.6 is 12.4 Å². The maximum Gasteiger partial charge on any atom is 0.221 e. The minimum atomic E-state index is 0. The second-order valence-electron chi connectivity index (χ2n) is 6.23. The molecule has 2 aromatic rings. The molecule has 1 atom stereocenters. The molecular weight excluding hydrogens is 352 g/mol. The second kappa shape index (κ2) is 10.2. The highest BCUT2D eigenvalue weighted by Crippen LogP contribution is 2.25. The van der Waals surface area contributed by atoms with E-state index in [1.165, 1.54) is 0 Å². The number of rotatable bonds is 6. The van der Waals surface area contributed by atoms with Gasteiger partial charge in [0.05, 0.1) is 13.2 Å². The molecule has 0 saturated carbocycles. The largest absolute Gasteiger partial charge is 0.457 e. The molecule has 3 rings (SSSR count). The number of benzene rings is 2. The van der Waals surface area contributed by atoms with Crippen molar-refractivity contribution in [3.05, 3.63) is 59.7 Å². The van der Waals surface area contributed by atoms with Crippen LogP contribution in [0.15, 0.2) is 48.5 Å². The Kier molecular flexibility index (Phi) is 7.91. The van der Waals surface area contributed by atoms with Gasteiger partial charge in [0.2, 0.25) is 5.91 Å². The van der Waals surface area contributed by atoms with E-state index in [4.69, 9.17) is 9.47 Å². The minimum Gasteiger partial charge on any atom is -0.457 e. The lowest BCUT2D eigenvalue weighted by Crippen LogP contribution is -2.44. The van der Waals surface area contributed by atoms with Gasteiger partial charge in [0.25, 0.3) is 0 Å². The zero-order chi connectivity index (χ0) is 17.5. The summed E-state index contributed by atoms with van der Waals surface area (Å²) in [5, 5.41) is 6.26. The summed E-state index contributed by atoms with van der Waals surface area (Å²) in [5.41, 5.74) is 2.09. The van der Waals surface area contributed by atoms with E-state index in [0.29, 0.717) is 26.2 Å². The fraction of sp³-hybridized carbons (Fsp3) is 0.350. The van der Waals surface area contributed by atoms with Crippen LogP contribution in [-0.2, 0) is 16.1 Å². The van der Waals surface area contributed by atoms with Gasteiger partial charge in [-0.3, -0.25) is 4.79 Å². The van der Waals surface area contributed by atoms with Gasteiger partial charge in [-0.05, 0) is 30.7 Å². The third-order valence-corrected chi connectivity index (χ3v) is 4.10. The molecule has 6 heteroatoms. The lowest BCUT2D eigenvalue weighted by atomic mass is 10.1. The predicted molar refractivity (Wildman–Crippen MR) is 104 cm³/mol. The first-order chi connectivity index (χ1) is 12.2. The average molecular weight is 377 g/mol. The number of hydrogen-bond acceptors (Lipinski definition) is 4. The van der Waals surface area contributed by atoms with Crippen molar-refractivity contribution in [1.29, 1.82) is 0 Å². The Labute approximate surface area is 160 Å². The summed E-state index contributed by atoms with van der Waals surface area (Å²) in [7, 11) is 0. The van der Waals surface area contributed by atoms with E-state index >= 15 is 0 Å². The summed E-state index contributed by atoms with van der Waals surface area (Å²) in [6.45, 7) is 4.56. The summed E-state index contributed by atoms with van der Waals surface area (Å²) in [6.07, 6.45) is 0.418. The molecule has 0 aromatic heterocycles. The fourth-order valence-corrected chi connectivity index (χ4v) is 2.80. The van der Waals surface area contributed by atoms with Crippen molar-refractivity contribution in [2.75, 3.05) is 19.8 Å². The molecule has 26 heavy (non-hydrogen) atoms. The highest BCUT2D eigenvalue weighted by atomic mass is 35.5. The molecule has 1 fully saturated rings. The normalized spacial score (nSPS) is 16.4. The molecule has 2 N–H and O–H groups in total. The van der Waals surface area contributed by atoms with Crippen LogP contribution in [0.25, 0.3) is 0 Å². The van der Waals surface area contributed by atoms with Gasteiger partial charge in [0, 0.05) is 31.1 Å². The van der Waals surface area contributed by atoms with E-state index in [9.17, 15) is 4.79 Å². The van der Waals surface area contributed by atoms with Gasteiger partial charge >= 0.3 is 0 Å². The minimum absolute atomic E-state index is 0. The number of morpholine rings is 1. The summed E-state index contributed by atoms with van der Waals surface area (Å²) in [6, 6.07) is 15.8. The molecule has 1 aliphatic heterocycles. The van der Waals surface area contributed by atoms with Crippen molar-refractivity contribution in [3.63, 3.8) is 0 Å². The summed E-state index contributed by atoms with van der Waals surface area (Å²) >= 11 is 0. The third-order valence-electron chi connectivity index (χ3n) is 4.10. The van der Waals surface area contributed by atoms with Crippen LogP contribution in [-0.4, -0.2) is 31.7 Å². The maximum atomic E-state index is 12.2. The monoisotopic (exact) mass is 376 g/mol. The molecule has 1 heterocycles. The van der Waals surface area contributed by atoms with E-state index in [-0.39, 0.29) is 24.4 Å². The Balaban J connectivity index is 0.00000243. The Morgan fingerprint density at radius 1 is 1.27 bits per heavy atom. The lowest BCUT2D eigenvalue weighted by Gasteiger charge is -2.23. The molecule has 1 unspecified atom stereocenters. The standard InChI is InChI=1S/C20H24N2O3.ClH/c1-15-5-4-7-18(11-15)25-19-8-3-2-6-16(19)13-22-20(23)12-17-14-24-10-9-21-17;/h2-8,11,17,21H,9-10,12-14H2,1H3,(H,22,23);1H. The molecule has 0 radical (unpaired) electrons. The molecule has 1 amide bonds. The maximum absolute atomic E-state index is 12.2. The van der Waals surface area contributed by atoms with Crippen molar-refractivity contribution in [2.24, 2.45) is 0 Å². The molecule has 1 saturated heterocycles. The molecule has 0 bridgehead atoms. The average Bonchev–Trinajstić information content (AvgIpc) is 2.62. The number of aryl methyl sites for hydroxylation is 1. The zero-order valence-corrected chi connectivity index (χ0v) is 15.7. The van der Waals surface area contributed by atoms with Gasteiger partial charge in [-0.1, -0.05) is 30.3 Å². The van der Waals surface area contributed by atoms with Gasteiger partial charge in [-0.25, -0.2) is 0 Å². The number of hydrogen-bond donors (Lipinski definition) is 2. The van der Waals surface area contributed by atoms with Gasteiger partial charge < -0.3 is 20.1 Å². The van der Waals surface area contributed by atoms with Crippen molar-refractivity contribution in [1.82, 2.24) is 10.6 Å². The number of para-hydroxylation sites is 1. The van der Waals surface area contributed by atoms with Crippen LogP contribution in [0.1, 0.15) is 17.5 Å². The topological polar surface area (TPSA) is 59.6 Å². The first-order valence-electron chi connectivity index (χ1n) is 8.61. The van der Waals surface area contributed by atoms with Crippen molar-refractivity contribution in [3.8, 4) is 11.5 Å². The molecule has 0 spiro atoms. The Bertz CT molecular complexity index is 718. The fourth-order valence-electron chi connectivity index (χ4n) is 2.80. The van der Waals surface area contributed by atoms with Crippen LogP contribution in [0.5, 0.6) is 11.5 Å². The number of carbonyl (C=O) groups excluding carboxylic acids is 1. The Morgan fingerprint density at radius 3 is 2.88 bits per heavy atom. The van der Waals surface area contributed by atoms with Crippen LogP contribution in [0, 0.1) is 6.92 Å². The SMILES string of the molecule is Cc1cccc(Oc2ccccc2CNC(=O)CC2COCCN2)c1.Cl. The highest BCUT2D eigenvalue weighted by Gasteiger charge is 2.17. The van der Waals surface area contributed by atoms with Crippen LogP contribution < -0.4 is 15.4 Å². The van der Waals surface area contributed by atoms with Gasteiger partial charge in [-0.2, -0.15) is 0 Å². The quantitative estimate of drug-likeness (QED) is 0.812. The van der Waals surface area contributed by atoms with E-state index in [0.717, 1.165) is 29.2 Å². The molecular formula is C20H25ClN2O3. The first-order valence-corrected chi connectivity index (χ1v) is 8.61. The first kappa shape index (κ1) is 20.2. The van der Waals surface area contributed by atoms with Gasteiger partial charge in [-0.15, -0.1) is 12.4 Å². The summed E-state index contributed by atoms with van der Waals surface area (Å²) in [4.78, 5) is 12.2. The number of carbonyl (C=O) groups is 1. The van der Waals surface area contributed by atoms with E-state index < -0.39 is 0 Å². The Morgan fingerprint density at radius 2 is 2.12 bits per heavy atom. The van der Waals surface area contributed by atoms with Crippen molar-refractivity contribution < 1.29 is 14.3 Å². The van der Waals surface area contributed by atoms with Crippen LogP contribution in [0.4, 0.5) is 0 Å². The third kappa shape index (κ3) is 6.02. The van der Waals surface area contributed by atoms with E-state index in [1.807, 2.05) is 55.5 Å². The smallest absolute Gasteiger partial charge is 0.221 e. The second-order valence-corrected chi connectivity index (χ2v) is 6.23. The predicted octanol–water partition coefficient (Wildman–Crippen LogP) is 3.20. The van der Waals surface area contributed by atoms with Crippen LogP contribution in [0.2, 0.25) is 0 Å². The van der Waals surface area contributed by atoms with Crippen molar-refractivity contribution in [2.45, 2.75) is 25.9 Å². The molecule has 2 aromatic carbocycles. The molecule has 1 aliphatic rings. The number of nitrogens with one attached hydrogen (secondary N) is 2. The molecule has 0 aliphatic carbocycles. The number of halogens is 1. The number of amides is 1.